The maximum Gasteiger partial charge on any atom is 0.0967 e. The zero-order chi connectivity index (χ0) is 8.89. The van der Waals surface area contributed by atoms with Crippen LogP contribution in [0.4, 0.5) is 0 Å². The fourth-order valence-electron chi connectivity index (χ4n) is 3.01. The standard InChI is InChI=1S/C12H14O/c13-12-8-4-3-7-11(12)9-5-1-2-6-10(9)12/h1-2,5-6,11,13H,3-4,7-8H2/t11-,12-/m0/s1. The van der Waals surface area contributed by atoms with Crippen LogP contribution in [-0.4, -0.2) is 5.11 Å². The summed E-state index contributed by atoms with van der Waals surface area (Å²) in [5.74, 6) is 0.442. The number of aliphatic hydroxyl groups is 1. The molecule has 0 aliphatic heterocycles. The van der Waals surface area contributed by atoms with Gasteiger partial charge in [-0.15, -0.1) is 0 Å². The van der Waals surface area contributed by atoms with Crippen LogP contribution in [0.15, 0.2) is 24.3 Å². The lowest BCUT2D eigenvalue weighted by Gasteiger charge is -2.50. The van der Waals surface area contributed by atoms with Crippen molar-refractivity contribution >= 4 is 0 Å². The Hall–Kier alpha value is -0.820. The first-order valence-corrected chi connectivity index (χ1v) is 5.14. The second-order valence-corrected chi connectivity index (χ2v) is 4.31. The number of fused-ring (bicyclic) bond motifs is 4. The van der Waals surface area contributed by atoms with Gasteiger partial charge in [0.15, 0.2) is 0 Å². The molecule has 0 saturated heterocycles. The van der Waals surface area contributed by atoms with Crippen LogP contribution in [0, 0.1) is 0 Å². The van der Waals surface area contributed by atoms with Crippen LogP contribution in [0.5, 0.6) is 0 Å². The molecule has 0 heterocycles. The highest BCUT2D eigenvalue weighted by molar-refractivity contribution is 5.48. The van der Waals surface area contributed by atoms with Crippen molar-refractivity contribution < 1.29 is 5.11 Å². The minimum absolute atomic E-state index is 0.442. The number of hydrogen-bond donors (Lipinski definition) is 1. The smallest absolute Gasteiger partial charge is 0.0967 e. The van der Waals surface area contributed by atoms with E-state index in [1.165, 1.54) is 30.4 Å². The lowest BCUT2D eigenvalue weighted by Crippen LogP contribution is -2.45. The minimum Gasteiger partial charge on any atom is -0.385 e. The van der Waals surface area contributed by atoms with Gasteiger partial charge < -0.3 is 5.11 Å². The van der Waals surface area contributed by atoms with Crippen LogP contribution in [0.3, 0.4) is 0 Å². The highest BCUT2D eigenvalue weighted by atomic mass is 16.3. The van der Waals surface area contributed by atoms with Crippen molar-refractivity contribution in [1.82, 2.24) is 0 Å². The van der Waals surface area contributed by atoms with Gasteiger partial charge in [0.1, 0.15) is 0 Å². The predicted molar refractivity (Wildman–Crippen MR) is 51.5 cm³/mol. The SMILES string of the molecule is O[C@]12CCCC[C@H]1c1ccccc12. The van der Waals surface area contributed by atoms with Gasteiger partial charge in [-0.05, 0) is 24.0 Å². The Kier molecular flexibility index (Phi) is 1.37. The van der Waals surface area contributed by atoms with E-state index in [1.54, 1.807) is 0 Å². The van der Waals surface area contributed by atoms with Crippen LogP contribution in [0.1, 0.15) is 42.7 Å². The van der Waals surface area contributed by atoms with Gasteiger partial charge in [0.05, 0.1) is 5.60 Å². The molecule has 1 aromatic carbocycles. The van der Waals surface area contributed by atoms with E-state index in [1.807, 2.05) is 6.07 Å². The van der Waals surface area contributed by atoms with E-state index in [2.05, 4.69) is 18.2 Å². The van der Waals surface area contributed by atoms with E-state index < -0.39 is 5.60 Å². The largest absolute Gasteiger partial charge is 0.385 e. The summed E-state index contributed by atoms with van der Waals surface area (Å²) in [6, 6.07) is 8.35. The second kappa shape index (κ2) is 2.36. The first-order valence-electron chi connectivity index (χ1n) is 5.14. The summed E-state index contributed by atoms with van der Waals surface area (Å²) in [5.41, 5.74) is 2.14. The summed E-state index contributed by atoms with van der Waals surface area (Å²) in [4.78, 5) is 0. The van der Waals surface area contributed by atoms with Gasteiger partial charge >= 0.3 is 0 Å². The molecule has 0 amide bonds. The Labute approximate surface area is 78.4 Å². The van der Waals surface area contributed by atoms with Crippen LogP contribution in [0.2, 0.25) is 0 Å². The van der Waals surface area contributed by atoms with E-state index in [0.29, 0.717) is 5.92 Å². The average molecular weight is 174 g/mol. The molecular weight excluding hydrogens is 160 g/mol. The Morgan fingerprint density at radius 2 is 2.08 bits per heavy atom. The molecule has 0 unspecified atom stereocenters. The van der Waals surface area contributed by atoms with Crippen LogP contribution in [-0.2, 0) is 5.60 Å². The molecule has 1 nitrogen and oxygen atoms in total. The zero-order valence-corrected chi connectivity index (χ0v) is 7.66. The number of hydrogen-bond acceptors (Lipinski definition) is 1. The van der Waals surface area contributed by atoms with Gasteiger partial charge in [-0.1, -0.05) is 37.1 Å². The first-order chi connectivity index (χ1) is 6.32. The molecule has 1 heteroatoms. The maximum absolute atomic E-state index is 10.4. The molecule has 0 bridgehead atoms. The minimum atomic E-state index is -0.450. The molecule has 0 radical (unpaired) electrons. The molecule has 1 N–H and O–H groups in total. The van der Waals surface area contributed by atoms with Gasteiger partial charge in [-0.25, -0.2) is 0 Å². The monoisotopic (exact) mass is 174 g/mol. The normalized spacial score (nSPS) is 35.9. The molecule has 1 saturated carbocycles. The number of rotatable bonds is 0. The Bertz CT molecular complexity index is 345. The van der Waals surface area contributed by atoms with Crippen molar-refractivity contribution in [2.24, 2.45) is 0 Å². The van der Waals surface area contributed by atoms with E-state index in [-0.39, 0.29) is 0 Å². The third-order valence-electron chi connectivity index (χ3n) is 3.68. The Balaban J connectivity index is 2.11. The Morgan fingerprint density at radius 1 is 1.23 bits per heavy atom. The molecule has 3 rings (SSSR count). The average Bonchev–Trinajstić information content (AvgIpc) is 2.17. The lowest BCUT2D eigenvalue weighted by atomic mass is 9.58. The highest BCUT2D eigenvalue weighted by Gasteiger charge is 2.50. The third kappa shape index (κ3) is 0.806. The van der Waals surface area contributed by atoms with Crippen molar-refractivity contribution in [3.8, 4) is 0 Å². The summed E-state index contributed by atoms with van der Waals surface area (Å²) in [6.45, 7) is 0. The molecule has 68 valence electrons. The van der Waals surface area contributed by atoms with Crippen molar-refractivity contribution in [1.29, 1.82) is 0 Å². The predicted octanol–water partition coefficient (Wildman–Crippen LogP) is 2.55. The molecule has 0 aromatic heterocycles. The summed E-state index contributed by atoms with van der Waals surface area (Å²) < 4.78 is 0. The van der Waals surface area contributed by atoms with Crippen molar-refractivity contribution in [3.05, 3.63) is 35.4 Å². The quantitative estimate of drug-likeness (QED) is 0.641. The van der Waals surface area contributed by atoms with Crippen molar-refractivity contribution in [2.75, 3.05) is 0 Å². The van der Waals surface area contributed by atoms with Crippen molar-refractivity contribution in [2.45, 2.75) is 37.2 Å². The van der Waals surface area contributed by atoms with E-state index in [9.17, 15) is 5.11 Å². The van der Waals surface area contributed by atoms with E-state index >= 15 is 0 Å². The van der Waals surface area contributed by atoms with Crippen LogP contribution < -0.4 is 0 Å². The second-order valence-electron chi connectivity index (χ2n) is 4.31. The van der Waals surface area contributed by atoms with E-state index in [4.69, 9.17) is 0 Å². The van der Waals surface area contributed by atoms with Crippen molar-refractivity contribution in [3.63, 3.8) is 0 Å². The molecule has 13 heavy (non-hydrogen) atoms. The van der Waals surface area contributed by atoms with Crippen LogP contribution >= 0.6 is 0 Å². The van der Waals surface area contributed by atoms with Gasteiger partial charge in [0.25, 0.3) is 0 Å². The van der Waals surface area contributed by atoms with Gasteiger partial charge in [-0.3, -0.25) is 0 Å². The fraction of sp³-hybridized carbons (Fsp3) is 0.500. The van der Waals surface area contributed by atoms with Gasteiger partial charge in [-0.2, -0.15) is 0 Å². The molecule has 1 aromatic rings. The molecular formula is C12H14O. The lowest BCUT2D eigenvalue weighted by molar-refractivity contribution is -0.0493. The van der Waals surface area contributed by atoms with E-state index in [0.717, 1.165) is 6.42 Å². The van der Waals surface area contributed by atoms with Gasteiger partial charge in [0, 0.05) is 5.92 Å². The highest BCUT2D eigenvalue weighted by Crippen LogP contribution is 2.57. The molecule has 0 spiro atoms. The summed E-state index contributed by atoms with van der Waals surface area (Å²) in [5, 5.41) is 10.4. The zero-order valence-electron chi connectivity index (χ0n) is 7.66. The Morgan fingerprint density at radius 3 is 3.00 bits per heavy atom. The third-order valence-corrected chi connectivity index (χ3v) is 3.68. The number of benzene rings is 1. The summed E-state index contributed by atoms with van der Waals surface area (Å²) in [6.07, 6.45) is 4.60. The molecule has 2 aliphatic carbocycles. The summed E-state index contributed by atoms with van der Waals surface area (Å²) >= 11 is 0. The maximum atomic E-state index is 10.4. The summed E-state index contributed by atoms with van der Waals surface area (Å²) in [7, 11) is 0. The molecule has 2 aliphatic rings. The van der Waals surface area contributed by atoms with Crippen LogP contribution in [0.25, 0.3) is 0 Å². The molecule has 1 fully saturated rings. The topological polar surface area (TPSA) is 20.2 Å². The van der Waals surface area contributed by atoms with Gasteiger partial charge in [0.2, 0.25) is 0 Å². The fourth-order valence-corrected chi connectivity index (χ4v) is 3.01. The molecule has 2 atom stereocenters. The first kappa shape index (κ1) is 7.57.